The lowest BCUT2D eigenvalue weighted by Gasteiger charge is -2.16. The summed E-state index contributed by atoms with van der Waals surface area (Å²) in [6, 6.07) is 113. The number of aromatic nitrogens is 7. The molecule has 0 aliphatic heterocycles. The van der Waals surface area contributed by atoms with Gasteiger partial charge in [-0.05, 0) is 166 Å². The molecule has 0 saturated heterocycles. The first kappa shape index (κ1) is 56.0. The van der Waals surface area contributed by atoms with Crippen LogP contribution in [0.25, 0.3) is 163 Å². The third kappa shape index (κ3) is 11.1. The van der Waals surface area contributed by atoms with Crippen LogP contribution >= 0.6 is 0 Å². The van der Waals surface area contributed by atoms with Crippen LogP contribution in [-0.4, -0.2) is 34.5 Å². The van der Waals surface area contributed by atoms with Crippen LogP contribution in [0.1, 0.15) is 11.1 Å². The number of hydrogen-bond donors (Lipinski definition) is 0. The molecule has 0 N–H and O–H groups in total. The minimum Gasteiger partial charge on any atom is -0.308 e. The van der Waals surface area contributed by atoms with Crippen LogP contribution in [0.5, 0.6) is 0 Å². The quantitative estimate of drug-likeness (QED) is 0.114. The highest BCUT2D eigenvalue weighted by atomic mass is 15.0. The van der Waals surface area contributed by atoms with Crippen molar-refractivity contribution < 1.29 is 0 Å². The molecule has 0 amide bonds. The van der Waals surface area contributed by atoms with Crippen molar-refractivity contribution in [3.8, 4) is 141 Å². The topological polar surface area (TPSA) is 82.3 Å². The molecule has 0 radical (unpaired) electrons. The van der Waals surface area contributed by atoms with Gasteiger partial charge in [-0.15, -0.1) is 0 Å². The van der Waals surface area contributed by atoms with Gasteiger partial charge in [0, 0.05) is 61.0 Å². The largest absolute Gasteiger partial charge is 0.308 e. The van der Waals surface area contributed by atoms with Crippen LogP contribution in [0.3, 0.4) is 0 Å². The Morgan fingerprint density at radius 1 is 0.194 bits per heavy atom. The fourth-order valence-corrected chi connectivity index (χ4v) is 12.9. The minimum absolute atomic E-state index is 0.580. The number of benzene rings is 13. The number of hydrogen-bond acceptors (Lipinski definition) is 6. The van der Waals surface area contributed by atoms with Crippen molar-refractivity contribution in [2.45, 2.75) is 13.8 Å². The molecule has 0 atom stereocenters. The summed E-state index contributed by atoms with van der Waals surface area (Å²) in [4.78, 5) is 31.9. The number of rotatable bonds is 13. The fraction of sp³-hybridized carbons (Fsp3) is 0.0233. The second kappa shape index (κ2) is 24.2. The van der Waals surface area contributed by atoms with Crippen molar-refractivity contribution >= 4 is 21.8 Å². The van der Waals surface area contributed by atoms with Gasteiger partial charge < -0.3 is 4.57 Å². The van der Waals surface area contributed by atoms with E-state index in [0.717, 1.165) is 139 Å². The smallest absolute Gasteiger partial charge is 0.164 e. The molecule has 0 saturated carbocycles. The van der Waals surface area contributed by atoms with Crippen molar-refractivity contribution in [3.05, 3.63) is 333 Å². The molecule has 16 aromatic rings. The maximum Gasteiger partial charge on any atom is 0.164 e. The molecule has 7 nitrogen and oxygen atoms in total. The lowest BCUT2D eigenvalue weighted by molar-refractivity contribution is 1.07. The van der Waals surface area contributed by atoms with E-state index >= 15 is 0 Å². The number of para-hydroxylation sites is 1. The molecule has 0 aliphatic rings. The molecule has 93 heavy (non-hydrogen) atoms. The van der Waals surface area contributed by atoms with Gasteiger partial charge in [-0.25, -0.2) is 29.9 Å². The maximum absolute atomic E-state index is 5.40. The zero-order valence-corrected chi connectivity index (χ0v) is 51.2. The lowest BCUT2D eigenvalue weighted by atomic mass is 9.95. The summed E-state index contributed by atoms with van der Waals surface area (Å²) in [6.07, 6.45) is 0. The van der Waals surface area contributed by atoms with Crippen molar-refractivity contribution in [2.24, 2.45) is 0 Å². The van der Waals surface area contributed by atoms with Crippen LogP contribution in [0.2, 0.25) is 0 Å². The summed E-state index contributed by atoms with van der Waals surface area (Å²) >= 11 is 0. The first-order valence-electron chi connectivity index (χ1n) is 31.4. The Bertz CT molecular complexity index is 4990. The van der Waals surface area contributed by atoms with E-state index in [-0.39, 0.29) is 0 Å². The molecule has 0 fully saturated rings. The second-order valence-electron chi connectivity index (χ2n) is 23.7. The van der Waals surface area contributed by atoms with Gasteiger partial charge in [0.15, 0.2) is 34.9 Å². The molecule has 438 valence electrons. The Labute approximate surface area is 540 Å². The molecule has 3 aromatic heterocycles. The molecule has 13 aromatic carbocycles. The van der Waals surface area contributed by atoms with E-state index in [1.54, 1.807) is 0 Å². The summed E-state index contributed by atoms with van der Waals surface area (Å²) in [5.74, 6) is 3.53. The van der Waals surface area contributed by atoms with Crippen LogP contribution < -0.4 is 0 Å². The van der Waals surface area contributed by atoms with Crippen LogP contribution in [-0.2, 0) is 0 Å². The zero-order valence-electron chi connectivity index (χ0n) is 51.2. The van der Waals surface area contributed by atoms with E-state index in [9.17, 15) is 0 Å². The number of nitrogens with zero attached hydrogens (tertiary/aromatic N) is 7. The van der Waals surface area contributed by atoms with Crippen LogP contribution in [0.15, 0.2) is 322 Å². The summed E-state index contributed by atoms with van der Waals surface area (Å²) in [7, 11) is 0. The fourth-order valence-electron chi connectivity index (χ4n) is 12.9. The summed E-state index contributed by atoms with van der Waals surface area (Å²) in [6.45, 7) is 4.40. The Morgan fingerprint density at radius 2 is 0.430 bits per heavy atom. The van der Waals surface area contributed by atoms with Crippen molar-refractivity contribution in [2.75, 3.05) is 0 Å². The molecule has 0 aliphatic carbocycles. The number of fused-ring (bicyclic) bond motifs is 3. The van der Waals surface area contributed by atoms with Gasteiger partial charge in [0.25, 0.3) is 0 Å². The predicted octanol–water partition coefficient (Wildman–Crippen LogP) is 21.8. The van der Waals surface area contributed by atoms with E-state index in [0.29, 0.717) is 34.9 Å². The van der Waals surface area contributed by atoms with Gasteiger partial charge in [-0.3, -0.25) is 0 Å². The van der Waals surface area contributed by atoms with Gasteiger partial charge in [-0.1, -0.05) is 237 Å². The highest BCUT2D eigenvalue weighted by Gasteiger charge is 2.24. The Kier molecular flexibility index (Phi) is 14.6. The average Bonchev–Trinajstić information content (AvgIpc) is 1.56. The number of aryl methyl sites for hydroxylation is 2. The Balaban J connectivity index is 0.860. The van der Waals surface area contributed by atoms with Crippen molar-refractivity contribution in [3.63, 3.8) is 0 Å². The van der Waals surface area contributed by atoms with Crippen LogP contribution in [0, 0.1) is 13.8 Å². The van der Waals surface area contributed by atoms with Crippen LogP contribution in [0.4, 0.5) is 0 Å². The third-order valence-corrected chi connectivity index (χ3v) is 17.3. The molecule has 7 heteroatoms. The van der Waals surface area contributed by atoms with E-state index in [4.69, 9.17) is 29.9 Å². The third-order valence-electron chi connectivity index (χ3n) is 17.3. The van der Waals surface area contributed by atoms with E-state index in [1.165, 1.54) is 0 Å². The molecule has 16 rings (SSSR count). The molecule has 3 heterocycles. The van der Waals surface area contributed by atoms with Gasteiger partial charge in [0.1, 0.15) is 0 Å². The highest BCUT2D eigenvalue weighted by molar-refractivity contribution is 6.18. The average molecular weight is 1190 g/mol. The lowest BCUT2D eigenvalue weighted by Crippen LogP contribution is -2.01. The van der Waals surface area contributed by atoms with Gasteiger partial charge in [-0.2, -0.15) is 0 Å². The first-order valence-corrected chi connectivity index (χ1v) is 31.4. The molecular weight excluding hydrogens is 1130 g/mol. The van der Waals surface area contributed by atoms with Crippen molar-refractivity contribution in [1.82, 2.24) is 34.5 Å². The standard InChI is InChI=1S/C86H59N7/c1-56-44-75(64-38-24-40-66(48-64)83-87-81(62-34-18-7-19-35-62)89-85(91-83)72-52-68(58-26-10-3-11-27-58)50-69(53-72)59-28-12-4-13-29-59)79-77(46-56)78-47-57(2)45-76(80(78)93(79)74-42-22-9-23-43-74)65-39-25-41-67(49-65)84-88-82(63-36-20-8-21-37-63)90-86(92-84)73-54-70(60-30-14-5-15-31-60)51-71(55-73)61-32-16-6-17-33-61/h3-55H,1-2H3. The van der Waals surface area contributed by atoms with E-state index < -0.39 is 0 Å². The van der Waals surface area contributed by atoms with Gasteiger partial charge in [0.05, 0.1) is 11.0 Å². The van der Waals surface area contributed by atoms with Gasteiger partial charge in [0.2, 0.25) is 0 Å². The maximum atomic E-state index is 5.40. The zero-order chi connectivity index (χ0) is 62.2. The summed E-state index contributed by atoms with van der Waals surface area (Å²) < 4.78 is 2.46. The van der Waals surface area contributed by atoms with Crippen molar-refractivity contribution in [1.29, 1.82) is 0 Å². The monoisotopic (exact) mass is 1190 g/mol. The molecular formula is C86H59N7. The molecule has 0 bridgehead atoms. The van der Waals surface area contributed by atoms with E-state index in [2.05, 4.69) is 304 Å². The minimum atomic E-state index is 0.580. The molecule has 0 unspecified atom stereocenters. The SMILES string of the molecule is Cc1cc(-c2cccc(-c3nc(-c4ccccc4)nc(-c4cc(-c5ccccc5)cc(-c5ccccc5)c4)n3)c2)c2c(c1)c1cc(C)cc(-c3cccc(-c4nc(-c5ccccc5)nc(-c5cc(-c6ccccc6)cc(-c6ccccc6)c5)n4)c3)c1n2-c1ccccc1. The summed E-state index contributed by atoms with van der Waals surface area (Å²) in [5, 5.41) is 2.30. The summed E-state index contributed by atoms with van der Waals surface area (Å²) in [5.41, 5.74) is 23.9. The normalized spacial score (nSPS) is 11.3. The Morgan fingerprint density at radius 3 is 0.753 bits per heavy atom. The predicted molar refractivity (Wildman–Crippen MR) is 382 cm³/mol. The second-order valence-corrected chi connectivity index (χ2v) is 23.7. The van der Waals surface area contributed by atoms with E-state index in [1.807, 2.05) is 36.4 Å². The first-order chi connectivity index (χ1) is 45.9. The Hall–Kier alpha value is -12.3. The van der Waals surface area contributed by atoms with Gasteiger partial charge >= 0.3 is 0 Å². The molecule has 0 spiro atoms. The highest BCUT2D eigenvalue weighted by Crippen LogP contribution is 2.45.